The van der Waals surface area contributed by atoms with E-state index >= 15 is 0 Å². The molecule has 1 aliphatic carbocycles. The predicted octanol–water partition coefficient (Wildman–Crippen LogP) is 4.78. The molecule has 0 spiro atoms. The molecule has 1 fully saturated rings. The van der Waals surface area contributed by atoms with Gasteiger partial charge in [0.1, 0.15) is 5.82 Å². The number of nitrogens with one attached hydrogen (secondary N) is 1. The molecule has 1 heterocycles. The lowest BCUT2D eigenvalue weighted by Gasteiger charge is -2.24. The van der Waals surface area contributed by atoms with Gasteiger partial charge in [-0.1, -0.05) is 64.7 Å². The summed E-state index contributed by atoms with van der Waals surface area (Å²) in [4.78, 5) is 30.0. The molecule has 1 aromatic heterocycles. The van der Waals surface area contributed by atoms with Crippen molar-refractivity contribution in [2.75, 3.05) is 39.0 Å². The number of rotatable bonds is 10. The van der Waals surface area contributed by atoms with Gasteiger partial charge in [-0.05, 0) is 45.0 Å². The highest BCUT2D eigenvalue weighted by atomic mass is 16.2. The number of aromatic nitrogens is 2. The SMILES string of the molecule is Cc1ccccc1-n1nc(C(C)(C)C)cc1NC(=O)CN(CCN(C)C)C(=O)CCC1CCCC1. The van der Waals surface area contributed by atoms with E-state index in [2.05, 4.69) is 26.1 Å². The third kappa shape index (κ3) is 7.66. The molecule has 0 bridgehead atoms. The first-order chi connectivity index (χ1) is 16.5. The van der Waals surface area contributed by atoms with Crippen molar-refractivity contribution in [2.24, 2.45) is 5.92 Å². The first-order valence-corrected chi connectivity index (χ1v) is 12.9. The van der Waals surface area contributed by atoms with Gasteiger partial charge in [-0.3, -0.25) is 9.59 Å². The summed E-state index contributed by atoms with van der Waals surface area (Å²) in [6.45, 7) is 9.65. The lowest BCUT2D eigenvalue weighted by atomic mass is 9.92. The van der Waals surface area contributed by atoms with E-state index in [4.69, 9.17) is 5.10 Å². The number of carbonyl (C=O) groups is 2. The summed E-state index contributed by atoms with van der Waals surface area (Å²) in [6.07, 6.45) is 6.44. The van der Waals surface area contributed by atoms with Crippen molar-refractivity contribution in [1.29, 1.82) is 0 Å². The number of amides is 2. The molecule has 1 N–H and O–H groups in total. The number of hydrogen-bond acceptors (Lipinski definition) is 4. The van der Waals surface area contributed by atoms with Gasteiger partial charge in [0.25, 0.3) is 0 Å². The second kappa shape index (κ2) is 11.8. The van der Waals surface area contributed by atoms with Gasteiger partial charge in [-0.25, -0.2) is 4.68 Å². The van der Waals surface area contributed by atoms with Crippen LogP contribution < -0.4 is 5.32 Å². The number of nitrogens with zero attached hydrogens (tertiary/aromatic N) is 4. The maximum atomic E-state index is 13.2. The van der Waals surface area contributed by atoms with Gasteiger partial charge >= 0.3 is 0 Å². The molecule has 1 saturated carbocycles. The molecule has 7 nitrogen and oxygen atoms in total. The van der Waals surface area contributed by atoms with Crippen molar-refractivity contribution in [3.63, 3.8) is 0 Å². The van der Waals surface area contributed by atoms with Gasteiger partial charge in [-0.15, -0.1) is 0 Å². The van der Waals surface area contributed by atoms with Crippen molar-refractivity contribution >= 4 is 17.6 Å². The standard InChI is InChI=1S/C28H43N5O2/c1-21-11-7-10-14-23(21)33-25(19-24(30-33)28(2,3)4)29-26(34)20-32(18-17-31(5)6)27(35)16-15-22-12-8-9-13-22/h7,10-11,14,19,22H,8-9,12-13,15-18,20H2,1-6H3,(H,29,34). The normalized spacial score (nSPS) is 14.5. The minimum absolute atomic E-state index is 0.0428. The molecule has 0 radical (unpaired) electrons. The lowest BCUT2D eigenvalue weighted by Crippen LogP contribution is -2.41. The monoisotopic (exact) mass is 481 g/mol. The number of hydrogen-bond donors (Lipinski definition) is 1. The van der Waals surface area contributed by atoms with E-state index in [0.717, 1.165) is 29.9 Å². The molecule has 0 unspecified atom stereocenters. The Hall–Kier alpha value is -2.67. The van der Waals surface area contributed by atoms with E-state index < -0.39 is 0 Å². The molecule has 0 saturated heterocycles. The highest BCUT2D eigenvalue weighted by Crippen LogP contribution is 2.29. The zero-order chi connectivity index (χ0) is 25.6. The smallest absolute Gasteiger partial charge is 0.245 e. The van der Waals surface area contributed by atoms with Crippen LogP contribution in [0.3, 0.4) is 0 Å². The van der Waals surface area contributed by atoms with E-state index in [1.165, 1.54) is 25.7 Å². The number of para-hydroxylation sites is 1. The Morgan fingerprint density at radius 3 is 2.43 bits per heavy atom. The minimum atomic E-state index is -0.201. The van der Waals surface area contributed by atoms with Gasteiger partial charge in [-0.2, -0.15) is 5.10 Å². The number of anilines is 1. The first-order valence-electron chi connectivity index (χ1n) is 12.9. The van der Waals surface area contributed by atoms with Crippen molar-refractivity contribution in [1.82, 2.24) is 19.6 Å². The molecule has 0 aliphatic heterocycles. The Morgan fingerprint density at radius 2 is 1.80 bits per heavy atom. The van der Waals surface area contributed by atoms with Crippen molar-refractivity contribution < 1.29 is 9.59 Å². The van der Waals surface area contributed by atoms with Crippen LogP contribution in [0.2, 0.25) is 0 Å². The second-order valence-corrected chi connectivity index (χ2v) is 11.2. The summed E-state index contributed by atoms with van der Waals surface area (Å²) in [7, 11) is 3.96. The molecule has 7 heteroatoms. The van der Waals surface area contributed by atoms with Gasteiger partial charge in [0.2, 0.25) is 11.8 Å². The van der Waals surface area contributed by atoms with Gasteiger partial charge in [0, 0.05) is 31.0 Å². The number of aryl methyl sites for hydroxylation is 1. The highest BCUT2D eigenvalue weighted by molar-refractivity contribution is 5.94. The van der Waals surface area contributed by atoms with Crippen LogP contribution >= 0.6 is 0 Å². The quantitative estimate of drug-likeness (QED) is 0.530. The van der Waals surface area contributed by atoms with Crippen LogP contribution in [-0.4, -0.2) is 65.1 Å². The third-order valence-corrected chi connectivity index (χ3v) is 6.83. The second-order valence-electron chi connectivity index (χ2n) is 11.2. The average molecular weight is 482 g/mol. The maximum absolute atomic E-state index is 13.2. The molecule has 2 aromatic rings. The fourth-order valence-electron chi connectivity index (χ4n) is 4.57. The van der Waals surface area contributed by atoms with Crippen LogP contribution in [0.5, 0.6) is 0 Å². The van der Waals surface area contributed by atoms with Crippen LogP contribution in [0.15, 0.2) is 30.3 Å². The fourth-order valence-corrected chi connectivity index (χ4v) is 4.57. The lowest BCUT2D eigenvalue weighted by molar-refractivity contribution is -0.135. The van der Waals surface area contributed by atoms with E-state index in [9.17, 15) is 9.59 Å². The van der Waals surface area contributed by atoms with Crippen molar-refractivity contribution in [3.05, 3.63) is 41.6 Å². The summed E-state index contributed by atoms with van der Waals surface area (Å²) < 4.78 is 1.81. The molecule has 1 aromatic carbocycles. The molecule has 35 heavy (non-hydrogen) atoms. The summed E-state index contributed by atoms with van der Waals surface area (Å²) in [5.41, 5.74) is 2.73. The topological polar surface area (TPSA) is 70.5 Å². The van der Waals surface area contributed by atoms with Gasteiger partial charge in [0.05, 0.1) is 17.9 Å². The summed E-state index contributed by atoms with van der Waals surface area (Å²) in [6, 6.07) is 9.94. The molecule has 2 amide bonds. The predicted molar refractivity (Wildman–Crippen MR) is 142 cm³/mol. The van der Waals surface area contributed by atoms with Crippen LogP contribution in [0.1, 0.15) is 70.6 Å². The Labute approximate surface area is 210 Å². The van der Waals surface area contributed by atoms with E-state index in [0.29, 0.717) is 24.7 Å². The minimum Gasteiger partial charge on any atom is -0.332 e. The largest absolute Gasteiger partial charge is 0.332 e. The maximum Gasteiger partial charge on any atom is 0.245 e. The van der Waals surface area contributed by atoms with Crippen LogP contribution in [0.4, 0.5) is 5.82 Å². The Morgan fingerprint density at radius 1 is 1.11 bits per heavy atom. The van der Waals surface area contributed by atoms with Crippen molar-refractivity contribution in [3.8, 4) is 5.69 Å². The molecular formula is C28H43N5O2. The highest BCUT2D eigenvalue weighted by Gasteiger charge is 2.24. The first kappa shape index (κ1) is 26.9. The molecule has 192 valence electrons. The number of carbonyl (C=O) groups excluding carboxylic acids is 2. The van der Waals surface area contributed by atoms with E-state index in [1.54, 1.807) is 9.58 Å². The molecule has 1 aliphatic rings. The number of benzene rings is 1. The third-order valence-electron chi connectivity index (χ3n) is 6.83. The zero-order valence-electron chi connectivity index (χ0n) is 22.4. The van der Waals surface area contributed by atoms with Gasteiger partial charge < -0.3 is 15.1 Å². The summed E-state index contributed by atoms with van der Waals surface area (Å²) in [5, 5.41) is 7.88. The van der Waals surface area contributed by atoms with E-state index in [1.807, 2.05) is 56.3 Å². The zero-order valence-corrected chi connectivity index (χ0v) is 22.4. The van der Waals surface area contributed by atoms with Crippen LogP contribution in [-0.2, 0) is 15.0 Å². The van der Waals surface area contributed by atoms with Gasteiger partial charge in [0.15, 0.2) is 0 Å². The fraction of sp³-hybridized carbons (Fsp3) is 0.607. The number of likely N-dealkylation sites (N-methyl/N-ethyl adjacent to an activating group) is 1. The van der Waals surface area contributed by atoms with Crippen LogP contribution in [0, 0.1) is 12.8 Å². The van der Waals surface area contributed by atoms with E-state index in [-0.39, 0.29) is 23.8 Å². The summed E-state index contributed by atoms with van der Waals surface area (Å²) in [5.74, 6) is 1.15. The average Bonchev–Trinajstić information content (AvgIpc) is 3.45. The molecule has 0 atom stereocenters. The molecular weight excluding hydrogens is 438 g/mol. The Kier molecular flexibility index (Phi) is 9.11. The van der Waals surface area contributed by atoms with Crippen molar-refractivity contribution in [2.45, 2.75) is 71.6 Å². The molecule has 3 rings (SSSR count). The van der Waals surface area contributed by atoms with Crippen LogP contribution in [0.25, 0.3) is 5.69 Å². The Bertz CT molecular complexity index is 999. The summed E-state index contributed by atoms with van der Waals surface area (Å²) >= 11 is 0. The Balaban J connectivity index is 1.76.